The number of likely N-dealkylation sites (tertiary alicyclic amines) is 1. The largest absolute Gasteiger partial charge is 0.337 e. The third-order valence-corrected chi connectivity index (χ3v) is 4.80. The first-order valence-corrected chi connectivity index (χ1v) is 7.44. The molecule has 3 nitrogen and oxygen atoms in total. The van der Waals surface area contributed by atoms with E-state index in [1.807, 2.05) is 4.90 Å². The fourth-order valence-electron chi connectivity index (χ4n) is 2.97. The summed E-state index contributed by atoms with van der Waals surface area (Å²) in [7, 11) is 0. The van der Waals surface area contributed by atoms with E-state index in [-0.39, 0.29) is 16.2 Å². The van der Waals surface area contributed by atoms with Crippen LogP contribution < -0.4 is 5.32 Å². The quantitative estimate of drug-likeness (QED) is 0.860. The molecule has 1 aromatic carbocycles. The highest BCUT2D eigenvalue weighted by atomic mass is 79.9. The smallest absolute Gasteiger partial charge is 0.255 e. The van der Waals surface area contributed by atoms with Crippen molar-refractivity contribution >= 4 is 21.8 Å². The average Bonchev–Trinajstić information content (AvgIpc) is 2.72. The highest BCUT2D eigenvalue weighted by Gasteiger charge is 2.32. The van der Waals surface area contributed by atoms with Crippen LogP contribution in [0.15, 0.2) is 22.7 Å². The van der Waals surface area contributed by atoms with Crippen molar-refractivity contribution in [2.75, 3.05) is 13.1 Å². The van der Waals surface area contributed by atoms with Crippen LogP contribution in [0.4, 0.5) is 4.39 Å². The maximum absolute atomic E-state index is 13.5. The van der Waals surface area contributed by atoms with Crippen molar-refractivity contribution in [1.29, 1.82) is 0 Å². The van der Waals surface area contributed by atoms with Crippen molar-refractivity contribution in [1.82, 2.24) is 10.2 Å². The van der Waals surface area contributed by atoms with Gasteiger partial charge in [-0.15, -0.1) is 0 Å². The molecule has 2 fully saturated rings. The molecule has 2 bridgehead atoms. The maximum Gasteiger partial charge on any atom is 0.255 e. The molecule has 0 saturated carbocycles. The van der Waals surface area contributed by atoms with Crippen LogP contribution >= 0.6 is 15.9 Å². The number of fused-ring (bicyclic) bond motifs is 2. The van der Waals surface area contributed by atoms with Crippen LogP contribution in [0.25, 0.3) is 0 Å². The van der Waals surface area contributed by atoms with E-state index < -0.39 is 0 Å². The van der Waals surface area contributed by atoms with Crippen molar-refractivity contribution in [2.24, 2.45) is 0 Å². The van der Waals surface area contributed by atoms with Crippen molar-refractivity contribution in [3.8, 4) is 0 Å². The van der Waals surface area contributed by atoms with Gasteiger partial charge in [0.1, 0.15) is 5.82 Å². The first kappa shape index (κ1) is 13.1. The number of nitrogens with one attached hydrogen (secondary N) is 1. The van der Waals surface area contributed by atoms with Crippen molar-refractivity contribution in [2.45, 2.75) is 31.3 Å². The third-order valence-electron chi connectivity index (χ3n) is 3.99. The molecule has 2 heterocycles. The minimum atomic E-state index is -0.389. The second-order valence-electron chi connectivity index (χ2n) is 5.28. The highest BCUT2D eigenvalue weighted by Crippen LogP contribution is 2.25. The molecule has 2 atom stereocenters. The summed E-state index contributed by atoms with van der Waals surface area (Å²) in [4.78, 5) is 14.3. The van der Waals surface area contributed by atoms with Crippen LogP contribution in [0.2, 0.25) is 0 Å². The summed E-state index contributed by atoms with van der Waals surface area (Å²) in [6.45, 7) is 1.47. The Morgan fingerprint density at radius 1 is 1.32 bits per heavy atom. The summed E-state index contributed by atoms with van der Waals surface area (Å²) in [6.07, 6.45) is 3.31. The minimum Gasteiger partial charge on any atom is -0.337 e. The zero-order chi connectivity index (χ0) is 13.4. The molecule has 1 N–H and O–H groups in total. The summed E-state index contributed by atoms with van der Waals surface area (Å²) in [5.41, 5.74) is 0.415. The molecular formula is C14H16BrFN2O. The van der Waals surface area contributed by atoms with Gasteiger partial charge in [-0.05, 0) is 47.3 Å². The lowest BCUT2D eigenvalue weighted by atomic mass is 10.1. The molecular weight excluding hydrogens is 311 g/mol. The van der Waals surface area contributed by atoms with Gasteiger partial charge in [0.05, 0.1) is 10.0 Å². The predicted molar refractivity (Wildman–Crippen MR) is 74.6 cm³/mol. The Bertz CT molecular complexity index is 508. The molecule has 3 rings (SSSR count). The lowest BCUT2D eigenvalue weighted by molar-refractivity contribution is 0.0746. The van der Waals surface area contributed by atoms with Crippen LogP contribution in [0.5, 0.6) is 0 Å². The molecule has 102 valence electrons. The Balaban J connectivity index is 1.81. The number of carbonyl (C=O) groups is 1. The van der Waals surface area contributed by atoms with Crippen molar-refractivity contribution < 1.29 is 9.18 Å². The SMILES string of the molecule is O=C(c1cccc(F)c1Br)N1CCC2CCC(C1)N2. The molecule has 1 aromatic rings. The number of carbonyl (C=O) groups excluding carboxylic acids is 1. The fourth-order valence-corrected chi connectivity index (χ4v) is 3.40. The van der Waals surface area contributed by atoms with E-state index in [9.17, 15) is 9.18 Å². The Kier molecular flexibility index (Phi) is 3.58. The van der Waals surface area contributed by atoms with Gasteiger partial charge in [-0.2, -0.15) is 0 Å². The minimum absolute atomic E-state index is 0.0827. The van der Waals surface area contributed by atoms with Gasteiger partial charge < -0.3 is 10.2 Å². The maximum atomic E-state index is 13.5. The van der Waals surface area contributed by atoms with Gasteiger partial charge in [-0.1, -0.05) is 6.07 Å². The second kappa shape index (κ2) is 5.21. The van der Waals surface area contributed by atoms with Gasteiger partial charge in [0.2, 0.25) is 0 Å². The zero-order valence-electron chi connectivity index (χ0n) is 10.5. The van der Waals surface area contributed by atoms with E-state index in [2.05, 4.69) is 21.2 Å². The molecule has 0 spiro atoms. The van der Waals surface area contributed by atoms with Crippen LogP contribution in [0, 0.1) is 5.82 Å². The van der Waals surface area contributed by atoms with E-state index in [0.29, 0.717) is 17.6 Å². The molecule has 2 aliphatic rings. The summed E-state index contributed by atoms with van der Waals surface area (Å²) in [5.74, 6) is -0.471. The standard InChI is InChI=1S/C14H16BrFN2O/c15-13-11(2-1-3-12(13)16)14(19)18-7-6-9-4-5-10(8-18)17-9/h1-3,9-10,17H,4-8H2. The number of halogens is 2. The van der Waals surface area contributed by atoms with Crippen LogP contribution in [0.1, 0.15) is 29.6 Å². The van der Waals surface area contributed by atoms with Crippen molar-refractivity contribution in [3.05, 3.63) is 34.1 Å². The predicted octanol–water partition coefficient (Wildman–Crippen LogP) is 2.55. The Morgan fingerprint density at radius 3 is 2.95 bits per heavy atom. The molecule has 1 amide bonds. The van der Waals surface area contributed by atoms with Crippen molar-refractivity contribution in [3.63, 3.8) is 0 Å². The molecule has 0 radical (unpaired) electrons. The van der Waals surface area contributed by atoms with E-state index in [1.165, 1.54) is 12.5 Å². The fraction of sp³-hybridized carbons (Fsp3) is 0.500. The monoisotopic (exact) mass is 326 g/mol. The molecule has 2 aliphatic heterocycles. The number of amides is 1. The van der Waals surface area contributed by atoms with Crippen LogP contribution in [-0.4, -0.2) is 36.0 Å². The summed E-state index contributed by atoms with van der Waals surface area (Å²) >= 11 is 3.17. The highest BCUT2D eigenvalue weighted by molar-refractivity contribution is 9.10. The van der Waals surface area contributed by atoms with Gasteiger partial charge in [-0.3, -0.25) is 4.79 Å². The zero-order valence-corrected chi connectivity index (χ0v) is 12.1. The van der Waals surface area contributed by atoms with Crippen LogP contribution in [-0.2, 0) is 0 Å². The summed E-state index contributed by atoms with van der Waals surface area (Å²) in [5, 5.41) is 3.54. The van der Waals surface area contributed by atoms with E-state index >= 15 is 0 Å². The molecule has 0 aliphatic carbocycles. The number of nitrogens with zero attached hydrogens (tertiary/aromatic N) is 1. The molecule has 19 heavy (non-hydrogen) atoms. The number of benzene rings is 1. The van der Waals surface area contributed by atoms with Crippen LogP contribution in [0.3, 0.4) is 0 Å². The Hall–Kier alpha value is -0.940. The number of rotatable bonds is 1. The van der Waals surface area contributed by atoms with Gasteiger partial charge in [0.25, 0.3) is 5.91 Å². The first-order valence-electron chi connectivity index (χ1n) is 6.64. The normalized spacial score (nSPS) is 26.3. The summed E-state index contributed by atoms with van der Waals surface area (Å²) < 4.78 is 13.8. The second-order valence-corrected chi connectivity index (χ2v) is 6.07. The Labute approximate surface area is 120 Å². The van der Waals surface area contributed by atoms with Gasteiger partial charge in [0, 0.05) is 25.2 Å². The average molecular weight is 327 g/mol. The van der Waals surface area contributed by atoms with E-state index in [0.717, 1.165) is 25.9 Å². The molecule has 0 aromatic heterocycles. The molecule has 5 heteroatoms. The van der Waals surface area contributed by atoms with E-state index in [1.54, 1.807) is 12.1 Å². The number of hydrogen-bond acceptors (Lipinski definition) is 2. The van der Waals surface area contributed by atoms with E-state index in [4.69, 9.17) is 0 Å². The lowest BCUT2D eigenvalue weighted by Crippen LogP contribution is -2.39. The Morgan fingerprint density at radius 2 is 2.11 bits per heavy atom. The van der Waals surface area contributed by atoms with Gasteiger partial charge in [0.15, 0.2) is 0 Å². The lowest BCUT2D eigenvalue weighted by Gasteiger charge is -2.24. The summed E-state index contributed by atoms with van der Waals surface area (Å²) in [6, 6.07) is 5.54. The van der Waals surface area contributed by atoms with Gasteiger partial charge in [-0.25, -0.2) is 4.39 Å². The topological polar surface area (TPSA) is 32.3 Å². The van der Waals surface area contributed by atoms with Gasteiger partial charge >= 0.3 is 0 Å². The molecule has 2 unspecified atom stereocenters. The third kappa shape index (κ3) is 2.54. The number of hydrogen-bond donors (Lipinski definition) is 1. The first-order chi connectivity index (χ1) is 9.15. The molecule has 2 saturated heterocycles.